The summed E-state index contributed by atoms with van der Waals surface area (Å²) in [6.45, 7) is 2.25. The van der Waals surface area contributed by atoms with E-state index < -0.39 is 0 Å². The van der Waals surface area contributed by atoms with Gasteiger partial charge in [-0.3, -0.25) is 0 Å². The maximum atomic E-state index is 8.71. The molecule has 2 unspecified atom stereocenters. The summed E-state index contributed by atoms with van der Waals surface area (Å²) >= 11 is 3.43. The van der Waals surface area contributed by atoms with E-state index in [2.05, 4.69) is 28.0 Å². The number of ether oxygens (including phenoxy) is 1. The van der Waals surface area contributed by atoms with Gasteiger partial charge in [-0.15, -0.1) is 0 Å². The number of nitrogens with two attached hydrogens (primary N) is 1. The first kappa shape index (κ1) is 15.2. The summed E-state index contributed by atoms with van der Waals surface area (Å²) in [5.74, 6) is 1.70. The molecule has 0 amide bonds. The van der Waals surface area contributed by atoms with E-state index >= 15 is 0 Å². The van der Waals surface area contributed by atoms with Gasteiger partial charge in [-0.05, 0) is 59.3 Å². The first-order valence-electron chi connectivity index (χ1n) is 7.08. The lowest BCUT2D eigenvalue weighted by Crippen LogP contribution is -2.25. The van der Waals surface area contributed by atoms with E-state index in [9.17, 15) is 0 Å². The molecule has 2 rings (SSSR count). The monoisotopic (exact) mass is 340 g/mol. The predicted octanol–water partition coefficient (Wildman–Crippen LogP) is 3.89. The Balaban J connectivity index is 2.05. The molecule has 1 aliphatic rings. The smallest absolute Gasteiger partial charge is 0.171 e. The van der Waals surface area contributed by atoms with Crippen LogP contribution in [-0.2, 0) is 0 Å². The number of hydrogen-bond donors (Lipinski definition) is 2. The Morgan fingerprint density at radius 1 is 1.50 bits per heavy atom. The van der Waals surface area contributed by atoms with E-state index in [-0.39, 0.29) is 5.84 Å². The van der Waals surface area contributed by atoms with Crippen molar-refractivity contribution in [3.05, 3.63) is 28.2 Å². The normalized spacial score (nSPS) is 23.6. The lowest BCUT2D eigenvalue weighted by atomic mass is 9.85. The summed E-state index contributed by atoms with van der Waals surface area (Å²) in [5, 5.41) is 11.7. The summed E-state index contributed by atoms with van der Waals surface area (Å²) in [5.41, 5.74) is 6.26. The molecule has 0 aromatic heterocycles. The van der Waals surface area contributed by atoms with Gasteiger partial charge in [0.15, 0.2) is 5.84 Å². The highest BCUT2D eigenvalue weighted by atomic mass is 79.9. The van der Waals surface area contributed by atoms with E-state index in [0.29, 0.717) is 11.7 Å². The number of benzene rings is 1. The Kier molecular flexibility index (Phi) is 5.29. The molecule has 0 bridgehead atoms. The molecule has 0 aliphatic heterocycles. The third-order valence-electron chi connectivity index (χ3n) is 3.94. The summed E-state index contributed by atoms with van der Waals surface area (Å²) in [4.78, 5) is 0. The minimum atomic E-state index is 0.0899. The molecule has 0 spiro atoms. The Labute approximate surface area is 128 Å². The van der Waals surface area contributed by atoms with Crippen LogP contribution in [0.1, 0.15) is 44.6 Å². The number of hydrogen-bond acceptors (Lipinski definition) is 3. The Bertz CT molecular complexity index is 491. The zero-order valence-electron chi connectivity index (χ0n) is 11.7. The SMILES string of the molecule is CCC1CCCC(Oc2ccc(/C(N)=N/O)c(Br)c2)C1. The predicted molar refractivity (Wildman–Crippen MR) is 83.3 cm³/mol. The third kappa shape index (κ3) is 3.66. The Hall–Kier alpha value is -1.23. The van der Waals surface area contributed by atoms with E-state index in [1.165, 1.54) is 19.3 Å². The van der Waals surface area contributed by atoms with Crippen LogP contribution in [0, 0.1) is 5.92 Å². The van der Waals surface area contributed by atoms with Gasteiger partial charge < -0.3 is 15.7 Å². The van der Waals surface area contributed by atoms with Crippen LogP contribution < -0.4 is 10.5 Å². The molecule has 0 saturated heterocycles. The van der Waals surface area contributed by atoms with Crippen LogP contribution in [0.15, 0.2) is 27.8 Å². The van der Waals surface area contributed by atoms with Crippen LogP contribution in [0.3, 0.4) is 0 Å². The largest absolute Gasteiger partial charge is 0.490 e. The molecule has 5 heteroatoms. The second-order valence-corrected chi connectivity index (χ2v) is 6.16. The average molecular weight is 341 g/mol. The highest BCUT2D eigenvalue weighted by molar-refractivity contribution is 9.10. The Morgan fingerprint density at radius 2 is 2.30 bits per heavy atom. The molecule has 20 heavy (non-hydrogen) atoms. The molecule has 1 fully saturated rings. The first-order chi connectivity index (χ1) is 9.63. The lowest BCUT2D eigenvalue weighted by molar-refractivity contribution is 0.122. The van der Waals surface area contributed by atoms with Crippen LogP contribution in [0.4, 0.5) is 0 Å². The van der Waals surface area contributed by atoms with Crippen molar-refractivity contribution in [2.75, 3.05) is 0 Å². The van der Waals surface area contributed by atoms with Gasteiger partial charge in [0.2, 0.25) is 0 Å². The zero-order valence-corrected chi connectivity index (χ0v) is 13.3. The van der Waals surface area contributed by atoms with Crippen LogP contribution >= 0.6 is 15.9 Å². The molecule has 110 valence electrons. The minimum Gasteiger partial charge on any atom is -0.490 e. The van der Waals surface area contributed by atoms with Crippen LogP contribution in [-0.4, -0.2) is 17.1 Å². The molecule has 3 N–H and O–H groups in total. The number of halogens is 1. The molecule has 1 aromatic rings. The molecule has 0 radical (unpaired) electrons. The second kappa shape index (κ2) is 6.97. The van der Waals surface area contributed by atoms with Crippen LogP contribution in [0.25, 0.3) is 0 Å². The lowest BCUT2D eigenvalue weighted by Gasteiger charge is -2.29. The number of oxime groups is 1. The standard InChI is InChI=1S/C15H21BrN2O2/c1-2-10-4-3-5-11(8-10)20-12-6-7-13(14(16)9-12)15(17)18-19/h6-7,9-11,19H,2-5,8H2,1H3,(H2,17,18). The van der Waals surface area contributed by atoms with Gasteiger partial charge in [0, 0.05) is 10.0 Å². The maximum Gasteiger partial charge on any atom is 0.171 e. The third-order valence-corrected chi connectivity index (χ3v) is 4.60. The molecule has 1 saturated carbocycles. The highest BCUT2D eigenvalue weighted by Crippen LogP contribution is 2.31. The minimum absolute atomic E-state index is 0.0899. The van der Waals surface area contributed by atoms with Gasteiger partial charge in [0.25, 0.3) is 0 Å². The first-order valence-corrected chi connectivity index (χ1v) is 7.87. The molecule has 4 nitrogen and oxygen atoms in total. The summed E-state index contributed by atoms with van der Waals surface area (Å²) in [6.07, 6.45) is 6.35. The molecule has 1 aliphatic carbocycles. The van der Waals surface area contributed by atoms with Crippen molar-refractivity contribution in [3.63, 3.8) is 0 Å². The fourth-order valence-corrected chi connectivity index (χ4v) is 3.30. The zero-order chi connectivity index (χ0) is 14.5. The second-order valence-electron chi connectivity index (χ2n) is 5.31. The van der Waals surface area contributed by atoms with Gasteiger partial charge in [-0.25, -0.2) is 0 Å². The van der Waals surface area contributed by atoms with Gasteiger partial charge in [-0.1, -0.05) is 24.9 Å². The number of nitrogens with zero attached hydrogens (tertiary/aromatic N) is 1. The topological polar surface area (TPSA) is 67.8 Å². The highest BCUT2D eigenvalue weighted by Gasteiger charge is 2.22. The quantitative estimate of drug-likeness (QED) is 0.378. The van der Waals surface area contributed by atoms with Crippen molar-refractivity contribution in [2.45, 2.75) is 45.1 Å². The number of amidine groups is 1. The molecule has 0 heterocycles. The van der Waals surface area contributed by atoms with Crippen molar-refractivity contribution in [3.8, 4) is 5.75 Å². The van der Waals surface area contributed by atoms with Crippen molar-refractivity contribution < 1.29 is 9.94 Å². The fraction of sp³-hybridized carbons (Fsp3) is 0.533. The van der Waals surface area contributed by atoms with Gasteiger partial charge in [0.1, 0.15) is 5.75 Å². The summed E-state index contributed by atoms with van der Waals surface area (Å²) in [7, 11) is 0. The van der Waals surface area contributed by atoms with E-state index in [1.54, 1.807) is 6.07 Å². The van der Waals surface area contributed by atoms with E-state index in [0.717, 1.165) is 29.0 Å². The molecular weight excluding hydrogens is 320 g/mol. The van der Waals surface area contributed by atoms with Crippen molar-refractivity contribution in [1.29, 1.82) is 0 Å². The van der Waals surface area contributed by atoms with Gasteiger partial charge >= 0.3 is 0 Å². The van der Waals surface area contributed by atoms with Crippen LogP contribution in [0.5, 0.6) is 5.75 Å². The summed E-state index contributed by atoms with van der Waals surface area (Å²) in [6, 6.07) is 5.55. The molecule has 2 atom stereocenters. The average Bonchev–Trinajstić information content (AvgIpc) is 2.47. The van der Waals surface area contributed by atoms with Crippen molar-refractivity contribution in [2.24, 2.45) is 16.8 Å². The molecular formula is C15H21BrN2O2. The van der Waals surface area contributed by atoms with E-state index in [4.69, 9.17) is 15.7 Å². The van der Waals surface area contributed by atoms with Crippen molar-refractivity contribution in [1.82, 2.24) is 0 Å². The van der Waals surface area contributed by atoms with Crippen molar-refractivity contribution >= 4 is 21.8 Å². The van der Waals surface area contributed by atoms with E-state index in [1.807, 2.05) is 12.1 Å². The number of rotatable bonds is 4. The fourth-order valence-electron chi connectivity index (χ4n) is 2.74. The molecule has 1 aromatic carbocycles. The Morgan fingerprint density at radius 3 is 2.95 bits per heavy atom. The summed E-state index contributed by atoms with van der Waals surface area (Å²) < 4.78 is 6.83. The van der Waals surface area contributed by atoms with Gasteiger partial charge in [0.05, 0.1) is 6.10 Å². The maximum absolute atomic E-state index is 8.71. The van der Waals surface area contributed by atoms with Crippen LogP contribution in [0.2, 0.25) is 0 Å². The van der Waals surface area contributed by atoms with Gasteiger partial charge in [-0.2, -0.15) is 0 Å².